The Hall–Kier alpha value is -3.23. The molecule has 2 aromatic heterocycles. The fraction of sp³-hybridized carbons (Fsp3) is 0.296. The Kier molecular flexibility index (Phi) is 6.81. The van der Waals surface area contributed by atoms with Gasteiger partial charge in [0.15, 0.2) is 15.7 Å². The highest BCUT2D eigenvalue weighted by atomic mass is 35.5. The summed E-state index contributed by atoms with van der Waals surface area (Å²) in [5, 5.41) is 4.06. The minimum Gasteiger partial charge on any atom is -0.361 e. The number of aromatic nitrogens is 3. The predicted octanol–water partition coefficient (Wildman–Crippen LogP) is 5.98. The third-order valence-corrected chi connectivity index (χ3v) is 8.48. The van der Waals surface area contributed by atoms with Crippen molar-refractivity contribution in [1.82, 2.24) is 15.0 Å². The Balaban J connectivity index is 1.42. The smallest absolute Gasteiger partial charge is 0.233 e. The summed E-state index contributed by atoms with van der Waals surface area (Å²) in [6.07, 6.45) is 11.0. The monoisotopic (exact) mass is 522 g/mol. The van der Waals surface area contributed by atoms with E-state index in [2.05, 4.69) is 20.3 Å². The van der Waals surface area contributed by atoms with Gasteiger partial charge in [-0.3, -0.25) is 9.78 Å². The maximum absolute atomic E-state index is 13.5. The van der Waals surface area contributed by atoms with Crippen molar-refractivity contribution in [2.45, 2.75) is 42.9 Å². The number of hydrogen-bond donors (Lipinski definition) is 2. The molecule has 1 aliphatic rings. The molecule has 7 nitrogen and oxygen atoms in total. The van der Waals surface area contributed by atoms with Gasteiger partial charge in [-0.2, -0.15) is 0 Å². The van der Waals surface area contributed by atoms with Gasteiger partial charge in [-0.15, -0.1) is 0 Å². The van der Waals surface area contributed by atoms with Crippen LogP contribution < -0.4 is 5.32 Å². The minimum absolute atomic E-state index is 0.0198. The number of fused-ring (bicyclic) bond motifs is 1. The molecular formula is C27H27ClN4O3S. The summed E-state index contributed by atoms with van der Waals surface area (Å²) in [6.45, 7) is 0. The van der Waals surface area contributed by atoms with Gasteiger partial charge >= 0.3 is 0 Å². The summed E-state index contributed by atoms with van der Waals surface area (Å²) < 4.78 is 25.2. The molecule has 0 aliphatic heterocycles. The van der Waals surface area contributed by atoms with Crippen molar-refractivity contribution < 1.29 is 13.2 Å². The molecule has 0 radical (unpaired) electrons. The predicted molar refractivity (Wildman–Crippen MR) is 142 cm³/mol. The largest absolute Gasteiger partial charge is 0.361 e. The highest BCUT2D eigenvalue weighted by molar-refractivity contribution is 7.90. The number of benzene rings is 2. The second-order valence-corrected chi connectivity index (χ2v) is 11.8. The molecule has 1 fully saturated rings. The van der Waals surface area contributed by atoms with Crippen LogP contribution in [-0.4, -0.2) is 35.5 Å². The third-order valence-electron chi connectivity index (χ3n) is 6.86. The van der Waals surface area contributed by atoms with E-state index in [0.29, 0.717) is 29.4 Å². The number of sulfone groups is 1. The lowest BCUT2D eigenvalue weighted by atomic mass is 9.87. The molecule has 0 saturated heterocycles. The number of anilines is 1. The molecule has 0 bridgehead atoms. The number of carbonyl (C=O) groups is 1. The molecule has 1 atom stereocenters. The van der Waals surface area contributed by atoms with E-state index in [1.165, 1.54) is 6.20 Å². The minimum atomic E-state index is -3.64. The average molecular weight is 523 g/mol. The van der Waals surface area contributed by atoms with Crippen LogP contribution in [0.2, 0.25) is 5.02 Å². The molecule has 0 spiro atoms. The molecular weight excluding hydrogens is 496 g/mol. The number of carbonyl (C=O) groups excluding carboxylic acids is 1. The number of nitrogens with one attached hydrogen (secondary N) is 2. The zero-order valence-corrected chi connectivity index (χ0v) is 21.4. The molecule has 36 heavy (non-hydrogen) atoms. The van der Waals surface area contributed by atoms with E-state index in [0.717, 1.165) is 48.4 Å². The lowest BCUT2D eigenvalue weighted by molar-refractivity contribution is -0.118. The van der Waals surface area contributed by atoms with Gasteiger partial charge in [0.2, 0.25) is 5.91 Å². The topological polar surface area (TPSA) is 105 Å². The first kappa shape index (κ1) is 24.5. The first-order valence-corrected chi connectivity index (χ1v) is 14.3. The van der Waals surface area contributed by atoms with Gasteiger partial charge in [0.1, 0.15) is 0 Å². The van der Waals surface area contributed by atoms with Crippen molar-refractivity contribution in [3.05, 3.63) is 71.6 Å². The Morgan fingerprint density at radius 2 is 1.94 bits per heavy atom. The van der Waals surface area contributed by atoms with Gasteiger partial charge in [0, 0.05) is 28.9 Å². The fourth-order valence-electron chi connectivity index (χ4n) is 5.11. The average Bonchev–Trinajstić information content (AvgIpc) is 3.53. The van der Waals surface area contributed by atoms with Crippen LogP contribution in [0.1, 0.15) is 43.6 Å². The number of amides is 1. The second kappa shape index (κ2) is 10.0. The SMILES string of the molecule is CS(=O)(=O)c1c(Cl)cccc1[C@@H](CC1CCCC1)C(=O)Nc1cnc(-c2ccc3[nH]ccc3c2)cn1. The van der Waals surface area contributed by atoms with Gasteiger partial charge in [0.25, 0.3) is 0 Å². The van der Waals surface area contributed by atoms with Crippen LogP contribution in [0.15, 0.2) is 66.0 Å². The first-order valence-electron chi connectivity index (χ1n) is 12.0. The lowest BCUT2D eigenvalue weighted by Gasteiger charge is -2.23. The maximum Gasteiger partial charge on any atom is 0.233 e. The number of hydrogen-bond acceptors (Lipinski definition) is 5. The van der Waals surface area contributed by atoms with Gasteiger partial charge in [-0.1, -0.05) is 55.5 Å². The van der Waals surface area contributed by atoms with E-state index in [-0.39, 0.29) is 15.8 Å². The standard InChI is InChI=1S/C27H27ClN4O3S/c1-36(34,35)26-20(7-4-8-22(26)28)21(13-17-5-2-3-6-17)27(33)32-25-16-30-24(15-31-25)18-9-10-23-19(14-18)11-12-29-23/h4,7-12,14-17,21,29H,2-3,5-6,13H2,1H3,(H,31,32,33)/t21-/m1/s1. The second-order valence-electron chi connectivity index (χ2n) is 9.42. The van der Waals surface area contributed by atoms with E-state index >= 15 is 0 Å². The molecule has 4 aromatic rings. The Labute approximate surface area is 215 Å². The van der Waals surface area contributed by atoms with E-state index in [9.17, 15) is 13.2 Å². The molecule has 5 rings (SSSR count). The fourth-order valence-corrected chi connectivity index (χ4v) is 6.78. The van der Waals surface area contributed by atoms with Crippen LogP contribution in [0, 0.1) is 5.92 Å². The van der Waals surface area contributed by atoms with Crippen LogP contribution in [0.4, 0.5) is 5.82 Å². The number of nitrogens with zero attached hydrogens (tertiary/aromatic N) is 2. The maximum atomic E-state index is 13.5. The van der Waals surface area contributed by atoms with Crippen LogP contribution in [0.5, 0.6) is 0 Å². The summed E-state index contributed by atoms with van der Waals surface area (Å²) in [7, 11) is -3.64. The van der Waals surface area contributed by atoms with Gasteiger partial charge < -0.3 is 10.3 Å². The van der Waals surface area contributed by atoms with Crippen molar-refractivity contribution in [2.24, 2.45) is 5.92 Å². The van der Waals surface area contributed by atoms with Crippen LogP contribution in [0.3, 0.4) is 0 Å². The highest BCUT2D eigenvalue weighted by Gasteiger charge is 2.31. The van der Waals surface area contributed by atoms with Crippen LogP contribution >= 0.6 is 11.6 Å². The Morgan fingerprint density at radius 3 is 2.67 bits per heavy atom. The first-order chi connectivity index (χ1) is 17.3. The molecule has 1 amide bonds. The summed E-state index contributed by atoms with van der Waals surface area (Å²) in [5.41, 5.74) is 3.08. The molecule has 2 heterocycles. The highest BCUT2D eigenvalue weighted by Crippen LogP contribution is 2.38. The van der Waals surface area contributed by atoms with Crippen molar-refractivity contribution >= 4 is 44.1 Å². The zero-order valence-electron chi connectivity index (χ0n) is 19.9. The molecule has 0 unspecified atom stereocenters. The van der Waals surface area contributed by atoms with Crippen molar-refractivity contribution in [1.29, 1.82) is 0 Å². The molecule has 186 valence electrons. The molecule has 1 saturated carbocycles. The van der Waals surface area contributed by atoms with Gasteiger partial charge in [0.05, 0.1) is 33.9 Å². The zero-order chi connectivity index (χ0) is 25.3. The molecule has 9 heteroatoms. The van der Waals surface area contributed by atoms with Crippen LogP contribution in [-0.2, 0) is 14.6 Å². The lowest BCUT2D eigenvalue weighted by Crippen LogP contribution is -2.25. The summed E-state index contributed by atoms with van der Waals surface area (Å²) in [6, 6.07) is 12.9. The van der Waals surface area contributed by atoms with Gasteiger partial charge in [-0.25, -0.2) is 13.4 Å². The molecule has 1 aliphatic carbocycles. The summed E-state index contributed by atoms with van der Waals surface area (Å²) in [4.78, 5) is 25.6. The number of rotatable bonds is 7. The van der Waals surface area contributed by atoms with Gasteiger partial charge in [-0.05, 0) is 42.2 Å². The normalized spacial score (nSPS) is 15.3. The Morgan fingerprint density at radius 1 is 1.14 bits per heavy atom. The van der Waals surface area contributed by atoms with Crippen molar-refractivity contribution in [2.75, 3.05) is 11.6 Å². The van der Waals surface area contributed by atoms with E-state index in [1.807, 2.05) is 30.5 Å². The van der Waals surface area contributed by atoms with E-state index in [4.69, 9.17) is 11.6 Å². The molecule has 2 N–H and O–H groups in total. The van der Waals surface area contributed by atoms with E-state index in [1.54, 1.807) is 24.4 Å². The number of halogens is 1. The summed E-state index contributed by atoms with van der Waals surface area (Å²) in [5.74, 6) is -0.325. The number of aromatic amines is 1. The summed E-state index contributed by atoms with van der Waals surface area (Å²) >= 11 is 6.31. The van der Waals surface area contributed by atoms with Crippen molar-refractivity contribution in [3.63, 3.8) is 0 Å². The quantitative estimate of drug-likeness (QED) is 0.310. The Bertz CT molecular complexity index is 1510. The third kappa shape index (κ3) is 5.15. The molecule has 2 aromatic carbocycles. The van der Waals surface area contributed by atoms with Crippen molar-refractivity contribution in [3.8, 4) is 11.3 Å². The van der Waals surface area contributed by atoms with E-state index < -0.39 is 15.8 Å². The number of H-pyrrole nitrogens is 1. The van der Waals surface area contributed by atoms with Crippen LogP contribution in [0.25, 0.3) is 22.2 Å².